The van der Waals surface area contributed by atoms with Gasteiger partial charge >= 0.3 is 0 Å². The summed E-state index contributed by atoms with van der Waals surface area (Å²) in [5.74, 6) is -2.13. The number of H-pyrrole nitrogens is 2. The smallest absolute Gasteiger partial charge is 0.261 e. The van der Waals surface area contributed by atoms with E-state index in [9.17, 15) is 13.2 Å². The number of rotatable bonds is 5. The van der Waals surface area contributed by atoms with Crippen molar-refractivity contribution < 1.29 is 13.2 Å². The number of halogens is 3. The van der Waals surface area contributed by atoms with Crippen molar-refractivity contribution in [1.82, 2.24) is 40.0 Å². The molecule has 1 aliphatic heterocycles. The Hall–Kier alpha value is -4.16. The highest BCUT2D eigenvalue weighted by atomic mass is 32.1. The molecule has 2 N–H and O–H groups in total. The number of aromatic nitrogens is 7. The zero-order valence-electron chi connectivity index (χ0n) is 19.8. The summed E-state index contributed by atoms with van der Waals surface area (Å²) >= 11 is 1.01. The molecule has 8 nitrogen and oxygen atoms in total. The number of pyridine rings is 3. The summed E-state index contributed by atoms with van der Waals surface area (Å²) in [6.45, 7) is 0.519. The van der Waals surface area contributed by atoms with Gasteiger partial charge in [0.25, 0.3) is 5.92 Å². The quantitative estimate of drug-likeness (QED) is 0.297. The van der Waals surface area contributed by atoms with Gasteiger partial charge in [0.2, 0.25) is 0 Å². The second-order valence-electron chi connectivity index (χ2n) is 9.31. The summed E-state index contributed by atoms with van der Waals surface area (Å²) in [7, 11) is 0. The fourth-order valence-corrected chi connectivity index (χ4v) is 5.54. The molecule has 38 heavy (non-hydrogen) atoms. The average molecular weight is 533 g/mol. The van der Waals surface area contributed by atoms with Crippen LogP contribution in [0.1, 0.15) is 12.0 Å². The van der Waals surface area contributed by atoms with Crippen molar-refractivity contribution in [2.75, 3.05) is 13.1 Å². The molecule has 0 bridgehead atoms. The Morgan fingerprint density at radius 2 is 1.89 bits per heavy atom. The average Bonchev–Trinajstić information content (AvgIpc) is 3.69. The van der Waals surface area contributed by atoms with Gasteiger partial charge in [-0.1, -0.05) is 0 Å². The number of alkyl halides is 2. The van der Waals surface area contributed by atoms with Crippen molar-refractivity contribution in [3.8, 4) is 33.3 Å². The molecule has 0 atom stereocenters. The minimum Gasteiger partial charge on any atom is -0.336 e. The van der Waals surface area contributed by atoms with Gasteiger partial charge < -0.3 is 4.98 Å². The van der Waals surface area contributed by atoms with E-state index >= 15 is 0 Å². The Labute approximate surface area is 217 Å². The van der Waals surface area contributed by atoms with Gasteiger partial charge in [0.15, 0.2) is 16.6 Å². The Morgan fingerprint density at radius 1 is 1.00 bits per heavy atom. The standard InChI is InChI=1S/C26H19F3N8S/c27-20-4-3-19(38-20)23-21-17(5-7-31-23)33-25(34-21)24-22-18(35-36-24)2-1-16(32-22)15-9-14(10-30-11-15)12-37-8-6-26(28,29)13-37/h1-5,7,9-11H,6,8,12-13H2,(H,33,34)(H,35,36). The maximum atomic E-state index is 13.7. The van der Waals surface area contributed by atoms with Gasteiger partial charge in [-0.25, -0.2) is 18.7 Å². The first kappa shape index (κ1) is 23.0. The number of hydrogen-bond donors (Lipinski definition) is 2. The predicted molar refractivity (Wildman–Crippen MR) is 138 cm³/mol. The van der Waals surface area contributed by atoms with Crippen LogP contribution in [0.2, 0.25) is 0 Å². The van der Waals surface area contributed by atoms with E-state index in [1.165, 1.54) is 6.07 Å². The van der Waals surface area contributed by atoms with Crippen LogP contribution in [0.3, 0.4) is 0 Å². The molecule has 12 heteroatoms. The Bertz CT molecular complexity index is 1810. The molecule has 1 saturated heterocycles. The number of aromatic amines is 2. The summed E-state index contributed by atoms with van der Waals surface area (Å²) in [5, 5.41) is 7.16. The van der Waals surface area contributed by atoms with Crippen LogP contribution in [0.25, 0.3) is 55.4 Å². The Morgan fingerprint density at radius 3 is 2.71 bits per heavy atom. The van der Waals surface area contributed by atoms with Gasteiger partial charge in [0, 0.05) is 43.7 Å². The largest absolute Gasteiger partial charge is 0.336 e. The molecular weight excluding hydrogens is 513 g/mol. The van der Waals surface area contributed by atoms with Crippen molar-refractivity contribution in [3.63, 3.8) is 0 Å². The SMILES string of the molecule is Fc1ccc(-c2nccc3[nH]c(-c4n[nH]c5ccc(-c6cncc(CN7CCC(F)(F)C7)c6)nc45)nc23)s1. The van der Waals surface area contributed by atoms with E-state index in [-0.39, 0.29) is 18.1 Å². The van der Waals surface area contributed by atoms with E-state index in [2.05, 4.69) is 25.1 Å². The lowest BCUT2D eigenvalue weighted by atomic mass is 10.1. The fourth-order valence-electron chi connectivity index (χ4n) is 4.81. The normalized spacial score (nSPS) is 15.7. The van der Waals surface area contributed by atoms with E-state index in [0.29, 0.717) is 51.9 Å². The van der Waals surface area contributed by atoms with Gasteiger partial charge in [-0.15, -0.1) is 11.3 Å². The van der Waals surface area contributed by atoms with Gasteiger partial charge in [-0.05, 0) is 42.0 Å². The molecule has 1 aliphatic rings. The highest BCUT2D eigenvalue weighted by molar-refractivity contribution is 7.13. The number of imidazole rings is 1. The van der Waals surface area contributed by atoms with Crippen LogP contribution in [0.15, 0.2) is 55.0 Å². The van der Waals surface area contributed by atoms with Crippen molar-refractivity contribution in [1.29, 1.82) is 0 Å². The van der Waals surface area contributed by atoms with Crippen LogP contribution >= 0.6 is 11.3 Å². The van der Waals surface area contributed by atoms with Crippen molar-refractivity contribution in [2.45, 2.75) is 18.9 Å². The maximum Gasteiger partial charge on any atom is 0.261 e. The number of nitrogens with zero attached hydrogens (tertiary/aromatic N) is 6. The molecule has 1 fully saturated rings. The number of nitrogens with one attached hydrogen (secondary N) is 2. The van der Waals surface area contributed by atoms with E-state index < -0.39 is 5.92 Å². The number of thiophene rings is 1. The van der Waals surface area contributed by atoms with E-state index in [4.69, 9.17) is 9.97 Å². The van der Waals surface area contributed by atoms with Gasteiger partial charge in [0.1, 0.15) is 16.7 Å². The molecule has 0 amide bonds. The first-order valence-electron chi connectivity index (χ1n) is 11.9. The van der Waals surface area contributed by atoms with Crippen molar-refractivity contribution in [2.24, 2.45) is 0 Å². The van der Waals surface area contributed by atoms with E-state index in [1.807, 2.05) is 18.2 Å². The molecule has 0 aromatic carbocycles. The maximum absolute atomic E-state index is 13.7. The Balaban J connectivity index is 1.24. The second-order valence-corrected chi connectivity index (χ2v) is 10.3. The van der Waals surface area contributed by atoms with Crippen molar-refractivity contribution >= 4 is 33.4 Å². The van der Waals surface area contributed by atoms with Gasteiger partial charge in [0.05, 0.1) is 28.1 Å². The van der Waals surface area contributed by atoms with E-state index in [0.717, 1.165) is 33.5 Å². The lowest BCUT2D eigenvalue weighted by molar-refractivity contribution is 0.0115. The lowest BCUT2D eigenvalue weighted by Crippen LogP contribution is -2.24. The topological polar surface area (TPSA) is 99.3 Å². The number of likely N-dealkylation sites (tertiary alicyclic amines) is 1. The summed E-state index contributed by atoms with van der Waals surface area (Å²) in [6, 6.07) is 10.6. The second kappa shape index (κ2) is 8.71. The third-order valence-electron chi connectivity index (χ3n) is 6.59. The molecule has 7 rings (SSSR count). The molecule has 0 radical (unpaired) electrons. The van der Waals surface area contributed by atoms with Crippen molar-refractivity contribution in [3.05, 3.63) is 65.7 Å². The van der Waals surface area contributed by atoms with Crippen LogP contribution in [0, 0.1) is 5.13 Å². The summed E-state index contributed by atoms with van der Waals surface area (Å²) in [5.41, 5.74) is 6.12. The van der Waals surface area contributed by atoms with Crippen LogP contribution in [-0.4, -0.2) is 59.0 Å². The molecular formula is C26H19F3N8S. The highest BCUT2D eigenvalue weighted by Crippen LogP contribution is 2.33. The predicted octanol–water partition coefficient (Wildman–Crippen LogP) is 5.67. The summed E-state index contributed by atoms with van der Waals surface area (Å²) < 4.78 is 40.9. The molecule has 190 valence electrons. The zero-order valence-corrected chi connectivity index (χ0v) is 20.6. The number of hydrogen-bond acceptors (Lipinski definition) is 7. The van der Waals surface area contributed by atoms with Crippen LogP contribution in [0.4, 0.5) is 13.2 Å². The summed E-state index contributed by atoms with van der Waals surface area (Å²) in [6.07, 6.45) is 4.93. The molecule has 6 aromatic heterocycles. The van der Waals surface area contributed by atoms with Crippen LogP contribution in [-0.2, 0) is 6.54 Å². The Kier molecular flexibility index (Phi) is 5.27. The van der Waals surface area contributed by atoms with Crippen LogP contribution in [0.5, 0.6) is 0 Å². The minimum absolute atomic E-state index is 0.120. The molecule has 0 spiro atoms. The third-order valence-corrected chi connectivity index (χ3v) is 7.47. The first-order valence-corrected chi connectivity index (χ1v) is 12.7. The molecule has 0 saturated carbocycles. The zero-order chi connectivity index (χ0) is 25.9. The molecule has 7 heterocycles. The monoisotopic (exact) mass is 532 g/mol. The number of fused-ring (bicyclic) bond motifs is 2. The first-order chi connectivity index (χ1) is 18.4. The minimum atomic E-state index is -2.64. The van der Waals surface area contributed by atoms with E-state index in [1.54, 1.807) is 35.6 Å². The molecule has 6 aromatic rings. The highest BCUT2D eigenvalue weighted by Gasteiger charge is 2.37. The van der Waals surface area contributed by atoms with Gasteiger partial charge in [-0.2, -0.15) is 9.49 Å². The molecule has 0 aliphatic carbocycles. The molecule has 0 unspecified atom stereocenters. The third kappa shape index (κ3) is 4.11. The lowest BCUT2D eigenvalue weighted by Gasteiger charge is -2.15. The van der Waals surface area contributed by atoms with Gasteiger partial charge in [-0.3, -0.25) is 20.0 Å². The van der Waals surface area contributed by atoms with Crippen LogP contribution < -0.4 is 0 Å². The fraction of sp³-hybridized carbons (Fsp3) is 0.192. The summed E-state index contributed by atoms with van der Waals surface area (Å²) in [4.78, 5) is 24.0.